The van der Waals surface area contributed by atoms with Crippen molar-refractivity contribution in [3.63, 3.8) is 0 Å². The molecule has 1 radical (unpaired) electrons. The summed E-state index contributed by atoms with van der Waals surface area (Å²) in [5.74, 6) is 3.71. The number of fused-ring (bicyclic) bond motifs is 13. The fourth-order valence-electron chi connectivity index (χ4n) is 6.54. The molecule has 0 fully saturated rings. The zero-order chi connectivity index (χ0) is 26.7. The molecule has 189 valence electrons. The molecule has 0 saturated carbocycles. The van der Waals surface area contributed by atoms with Crippen molar-refractivity contribution in [1.82, 2.24) is 7.43 Å². The molecule has 6 aliphatic rings. The summed E-state index contributed by atoms with van der Waals surface area (Å²) in [4.78, 5) is 31.2. The van der Waals surface area contributed by atoms with E-state index in [1.807, 2.05) is 24.3 Å². The zero-order valence-corrected chi connectivity index (χ0v) is 22.7. The second kappa shape index (κ2) is 7.82. The summed E-state index contributed by atoms with van der Waals surface area (Å²) >= 11 is -0.581. The van der Waals surface area contributed by atoms with Gasteiger partial charge in [-0.2, -0.15) is 0 Å². The Hall–Kier alpha value is -4.97. The van der Waals surface area contributed by atoms with E-state index < -0.39 is 15.7 Å². The van der Waals surface area contributed by atoms with Crippen LogP contribution in [0.2, 0.25) is 0 Å². The first-order chi connectivity index (χ1) is 20.3. The summed E-state index contributed by atoms with van der Waals surface area (Å²) in [5, 5.41) is 2.08. The van der Waals surface area contributed by atoms with Crippen molar-refractivity contribution >= 4 is 49.8 Å². The van der Waals surface area contributed by atoms with Gasteiger partial charge in [-0.3, -0.25) is 0 Å². The molecule has 2 atom stereocenters. The Bertz CT molecular complexity index is 2230. The van der Waals surface area contributed by atoms with Crippen LogP contribution < -0.4 is 11.0 Å². The second-order valence-corrected chi connectivity index (χ2v) is 11.9. The van der Waals surface area contributed by atoms with Crippen LogP contribution in [0.5, 0.6) is 0 Å². The van der Waals surface area contributed by atoms with Gasteiger partial charge in [0.2, 0.25) is 0 Å². The molecule has 0 N–H and O–H groups in total. The van der Waals surface area contributed by atoms with E-state index in [0.29, 0.717) is 17.5 Å². The van der Waals surface area contributed by atoms with Crippen LogP contribution in [0.15, 0.2) is 138 Å². The van der Waals surface area contributed by atoms with Crippen LogP contribution in [-0.4, -0.2) is 52.6 Å². The van der Waals surface area contributed by atoms with Crippen molar-refractivity contribution in [3.8, 4) is 0 Å². The van der Waals surface area contributed by atoms with Crippen LogP contribution in [0.25, 0.3) is 10.8 Å². The van der Waals surface area contributed by atoms with Gasteiger partial charge in [0.05, 0.1) is 0 Å². The smallest absolute Gasteiger partial charge is 0.414 e. The molecule has 3 aromatic carbocycles. The molecular weight excluding hydrogens is 523 g/mol. The van der Waals surface area contributed by atoms with Crippen LogP contribution in [0.1, 0.15) is 22.3 Å². The van der Waals surface area contributed by atoms with Gasteiger partial charge in [0.15, 0.2) is 23.3 Å². The van der Waals surface area contributed by atoms with Gasteiger partial charge in [-0.15, -0.1) is 0 Å². The first-order valence-electron chi connectivity index (χ1n) is 13.6. The molecule has 8 nitrogen and oxygen atoms in total. The van der Waals surface area contributed by atoms with E-state index in [1.165, 1.54) is 0 Å². The van der Waals surface area contributed by atoms with Gasteiger partial charge < -0.3 is 7.43 Å². The first-order valence-corrected chi connectivity index (χ1v) is 14.7. The summed E-state index contributed by atoms with van der Waals surface area (Å²) in [6.07, 6.45) is 8.39. The lowest BCUT2D eigenvalue weighted by atomic mass is 9.95. The van der Waals surface area contributed by atoms with Gasteiger partial charge in [0, 0.05) is 44.5 Å². The van der Waals surface area contributed by atoms with Gasteiger partial charge in [-0.05, 0) is 0 Å². The number of hydrogen-bond donors (Lipinski definition) is 0. The lowest BCUT2D eigenvalue weighted by Gasteiger charge is -2.28. The van der Waals surface area contributed by atoms with Gasteiger partial charge in [0.1, 0.15) is 23.0 Å². The molecule has 5 aliphatic heterocycles. The highest BCUT2D eigenvalue weighted by Crippen LogP contribution is 2.40. The second-order valence-electron chi connectivity index (χ2n) is 10.6. The molecule has 2 unspecified atom stereocenters. The number of nitrogens with zero attached hydrogens (tertiary/aromatic N) is 8. The zero-order valence-electron chi connectivity index (χ0n) is 21.5. The number of amidine groups is 4. The monoisotopic (exact) mass is 541 g/mol. The van der Waals surface area contributed by atoms with Crippen LogP contribution in [0, 0.1) is 5.92 Å². The van der Waals surface area contributed by atoms with Gasteiger partial charge >= 0.3 is 15.7 Å². The average molecular weight is 542 g/mol. The van der Waals surface area contributed by atoms with Crippen molar-refractivity contribution in [1.29, 1.82) is 0 Å². The Balaban J connectivity index is 1.40. The van der Waals surface area contributed by atoms with Gasteiger partial charge in [0.25, 0.3) is 0 Å². The molecule has 4 aromatic rings. The highest BCUT2D eigenvalue weighted by atomic mass is 27.1. The SMILES string of the molecule is C1=CC2=C3/N=C4\N=C(N=c5c6ccccc6c6[n]5[Al][N]3C(/N=C3\N=C(N=6)c5ccccc53)C2C=C1)c1ccccc14. The predicted octanol–water partition coefficient (Wildman–Crippen LogP) is 3.30. The summed E-state index contributed by atoms with van der Waals surface area (Å²) in [6, 6.07) is 24.9. The molecule has 1 aromatic heterocycles. The molecule has 0 amide bonds. The number of aromatic nitrogens is 1. The Morgan fingerprint density at radius 1 is 0.585 bits per heavy atom. The quantitative estimate of drug-likeness (QED) is 0.315. The van der Waals surface area contributed by atoms with Crippen LogP contribution in [0.4, 0.5) is 0 Å². The van der Waals surface area contributed by atoms with E-state index in [2.05, 4.69) is 80.3 Å². The minimum absolute atomic E-state index is 0.0387. The van der Waals surface area contributed by atoms with E-state index in [0.717, 1.165) is 61.2 Å². The summed E-state index contributed by atoms with van der Waals surface area (Å²) < 4.78 is 4.64. The van der Waals surface area contributed by atoms with Crippen molar-refractivity contribution < 1.29 is 0 Å². The molecule has 10 rings (SSSR count). The Labute approximate surface area is 240 Å². The minimum Gasteiger partial charge on any atom is -0.414 e. The number of allylic oxidation sites excluding steroid dienone is 3. The maximum Gasteiger partial charge on any atom is 0.564 e. The van der Waals surface area contributed by atoms with E-state index in [-0.39, 0.29) is 12.1 Å². The Morgan fingerprint density at radius 2 is 1.15 bits per heavy atom. The minimum atomic E-state index is -0.581. The highest BCUT2D eigenvalue weighted by molar-refractivity contribution is 6.33. The van der Waals surface area contributed by atoms with Crippen LogP contribution >= 0.6 is 0 Å². The predicted molar refractivity (Wildman–Crippen MR) is 159 cm³/mol. The molecule has 6 heterocycles. The number of aliphatic imine (C=N–C) groups is 4. The average Bonchev–Trinajstić information content (AvgIpc) is 3.72. The van der Waals surface area contributed by atoms with Crippen molar-refractivity contribution in [2.24, 2.45) is 35.9 Å². The molecule has 0 saturated heterocycles. The third kappa shape index (κ3) is 2.89. The third-order valence-electron chi connectivity index (χ3n) is 8.41. The van der Waals surface area contributed by atoms with E-state index in [4.69, 9.17) is 30.0 Å². The number of benzene rings is 3. The summed E-state index contributed by atoms with van der Waals surface area (Å²) in [6.45, 7) is 0. The van der Waals surface area contributed by atoms with E-state index in [1.54, 1.807) is 0 Å². The van der Waals surface area contributed by atoms with E-state index in [9.17, 15) is 0 Å². The molecule has 1 aliphatic carbocycles. The third-order valence-corrected chi connectivity index (χ3v) is 9.93. The topological polar surface area (TPSA) is 82.3 Å². The molecular formula is C32H18AlN8. The van der Waals surface area contributed by atoms with E-state index >= 15 is 0 Å². The van der Waals surface area contributed by atoms with Gasteiger partial charge in [-0.25, -0.2) is 30.0 Å². The van der Waals surface area contributed by atoms with Crippen molar-refractivity contribution in [2.45, 2.75) is 6.17 Å². The number of rotatable bonds is 0. The molecule has 41 heavy (non-hydrogen) atoms. The maximum absolute atomic E-state index is 5.36. The molecule has 9 heteroatoms. The largest absolute Gasteiger partial charge is 0.564 e. The Morgan fingerprint density at radius 3 is 1.80 bits per heavy atom. The fraction of sp³-hybridized carbons (Fsp3) is 0.0625. The fourth-order valence-corrected chi connectivity index (χ4v) is 8.11. The van der Waals surface area contributed by atoms with Gasteiger partial charge in [-0.1, -0.05) is 97.1 Å². The molecule has 6 bridgehead atoms. The Kier molecular flexibility index (Phi) is 4.16. The summed E-state index contributed by atoms with van der Waals surface area (Å²) in [7, 11) is 0. The first kappa shape index (κ1) is 21.8. The lowest BCUT2D eigenvalue weighted by molar-refractivity contribution is 0.393. The van der Waals surface area contributed by atoms with Crippen molar-refractivity contribution in [3.05, 3.63) is 142 Å². The van der Waals surface area contributed by atoms with Crippen molar-refractivity contribution in [2.75, 3.05) is 0 Å². The normalized spacial score (nSPS) is 24.5. The van der Waals surface area contributed by atoms with Crippen LogP contribution in [0.3, 0.4) is 0 Å². The number of hydrogen-bond acceptors (Lipinski definition) is 7. The maximum atomic E-state index is 5.36. The van der Waals surface area contributed by atoms with Crippen LogP contribution in [-0.2, 0) is 0 Å². The standard InChI is InChI=1S/C32H18N8.Al/c1-2-10-18-17(9-1)25-33-26(18)38-28-21-13-5-6-14-22(21)30(35-28)40-32-24-16-8-7-15-23(24)31(36-32)39-29-20-12-4-3-11-19(20)27(34-29)37-25;/h1-17,25H;/q-2;+2. The molecule has 0 spiro atoms. The highest BCUT2D eigenvalue weighted by Gasteiger charge is 2.42. The summed E-state index contributed by atoms with van der Waals surface area (Å²) in [5.41, 5.74) is 6.84. The lowest BCUT2D eigenvalue weighted by Crippen LogP contribution is -2.46.